The predicted molar refractivity (Wildman–Crippen MR) is 117 cm³/mol. The molecule has 1 heterocycles. The predicted octanol–water partition coefficient (Wildman–Crippen LogP) is 5.45. The normalized spacial score (nSPS) is 14.4. The molecule has 1 amide bonds. The maximum Gasteiger partial charge on any atom is 0.255 e. The van der Waals surface area contributed by atoms with Crippen molar-refractivity contribution in [3.63, 3.8) is 0 Å². The van der Waals surface area contributed by atoms with Crippen LogP contribution in [0, 0.1) is 6.92 Å². The number of rotatable bonds is 5. The number of benzene rings is 2. The molecule has 0 saturated heterocycles. The lowest BCUT2D eigenvalue weighted by molar-refractivity contribution is 0.102. The van der Waals surface area contributed by atoms with Gasteiger partial charge in [0.25, 0.3) is 5.91 Å². The number of nitrogens with one attached hydrogen (secondary N) is 2. The number of nitrogens with zero attached hydrogens (tertiary/aromatic N) is 2. The average molecular weight is 386 g/mol. The van der Waals surface area contributed by atoms with Crippen LogP contribution in [-0.4, -0.2) is 21.9 Å². The lowest BCUT2D eigenvalue weighted by Gasteiger charge is -2.23. The topological polar surface area (TPSA) is 66.9 Å². The highest BCUT2D eigenvalue weighted by atomic mass is 16.1. The van der Waals surface area contributed by atoms with Crippen LogP contribution < -0.4 is 10.6 Å². The first-order valence-corrected chi connectivity index (χ1v) is 10.2. The van der Waals surface area contributed by atoms with Gasteiger partial charge in [0.1, 0.15) is 12.1 Å². The summed E-state index contributed by atoms with van der Waals surface area (Å²) in [6, 6.07) is 17.8. The summed E-state index contributed by atoms with van der Waals surface area (Å²) in [6.07, 6.45) is 7.88. The maximum absolute atomic E-state index is 12.5. The molecule has 0 radical (unpaired) electrons. The van der Waals surface area contributed by atoms with E-state index in [0.717, 1.165) is 28.3 Å². The number of anilines is 2. The van der Waals surface area contributed by atoms with Crippen molar-refractivity contribution in [1.82, 2.24) is 9.97 Å². The summed E-state index contributed by atoms with van der Waals surface area (Å²) in [6.45, 7) is 2.02. The van der Waals surface area contributed by atoms with Crippen LogP contribution in [0.2, 0.25) is 0 Å². The quantitative estimate of drug-likeness (QED) is 0.612. The van der Waals surface area contributed by atoms with Crippen molar-refractivity contribution in [3.8, 4) is 11.3 Å². The molecule has 1 fully saturated rings. The summed E-state index contributed by atoms with van der Waals surface area (Å²) >= 11 is 0. The van der Waals surface area contributed by atoms with Gasteiger partial charge in [-0.3, -0.25) is 4.79 Å². The molecule has 1 saturated carbocycles. The van der Waals surface area contributed by atoms with E-state index in [4.69, 9.17) is 0 Å². The fourth-order valence-electron chi connectivity index (χ4n) is 3.68. The molecular weight excluding hydrogens is 360 g/mol. The number of hydrogen-bond donors (Lipinski definition) is 2. The van der Waals surface area contributed by atoms with Gasteiger partial charge in [0.05, 0.1) is 5.69 Å². The fraction of sp³-hybridized carbons (Fsp3) is 0.292. The second kappa shape index (κ2) is 8.86. The molecule has 0 unspecified atom stereocenters. The van der Waals surface area contributed by atoms with E-state index in [1.165, 1.54) is 32.1 Å². The Morgan fingerprint density at radius 2 is 1.66 bits per heavy atom. The van der Waals surface area contributed by atoms with Crippen molar-refractivity contribution in [2.24, 2.45) is 0 Å². The third-order valence-corrected chi connectivity index (χ3v) is 5.38. The van der Waals surface area contributed by atoms with Crippen LogP contribution in [0.1, 0.15) is 48.0 Å². The van der Waals surface area contributed by atoms with Gasteiger partial charge in [-0.05, 0) is 44.0 Å². The van der Waals surface area contributed by atoms with E-state index < -0.39 is 0 Å². The molecule has 5 nitrogen and oxygen atoms in total. The minimum atomic E-state index is -0.122. The summed E-state index contributed by atoms with van der Waals surface area (Å²) in [7, 11) is 0. The monoisotopic (exact) mass is 386 g/mol. The highest BCUT2D eigenvalue weighted by molar-refractivity contribution is 6.04. The van der Waals surface area contributed by atoms with Crippen molar-refractivity contribution < 1.29 is 4.79 Å². The van der Waals surface area contributed by atoms with E-state index in [1.54, 1.807) is 6.33 Å². The fourth-order valence-corrected chi connectivity index (χ4v) is 3.68. The van der Waals surface area contributed by atoms with E-state index in [0.29, 0.717) is 11.6 Å². The van der Waals surface area contributed by atoms with Crippen molar-refractivity contribution in [3.05, 3.63) is 72.1 Å². The molecule has 0 bridgehead atoms. The molecular formula is C24H26N4O. The first kappa shape index (κ1) is 19.1. The van der Waals surface area contributed by atoms with Gasteiger partial charge >= 0.3 is 0 Å². The smallest absolute Gasteiger partial charge is 0.255 e. The summed E-state index contributed by atoms with van der Waals surface area (Å²) < 4.78 is 0. The van der Waals surface area contributed by atoms with E-state index in [1.807, 2.05) is 61.5 Å². The first-order valence-electron chi connectivity index (χ1n) is 10.2. The Morgan fingerprint density at radius 3 is 2.38 bits per heavy atom. The van der Waals surface area contributed by atoms with Crippen LogP contribution >= 0.6 is 0 Å². The molecule has 1 aromatic heterocycles. The zero-order valence-corrected chi connectivity index (χ0v) is 16.7. The van der Waals surface area contributed by atoms with Gasteiger partial charge in [0.15, 0.2) is 0 Å². The Labute approximate surface area is 171 Å². The zero-order chi connectivity index (χ0) is 20.1. The largest absolute Gasteiger partial charge is 0.367 e. The van der Waals surface area contributed by atoms with Gasteiger partial charge < -0.3 is 10.6 Å². The number of amides is 1. The van der Waals surface area contributed by atoms with Gasteiger partial charge in [0.2, 0.25) is 0 Å². The van der Waals surface area contributed by atoms with Crippen molar-refractivity contribution in [1.29, 1.82) is 0 Å². The SMILES string of the molecule is Cc1ccc(NC(=O)c2ccc(-c3cc(NC4CCCCC4)ncn3)cc2)cc1. The minimum Gasteiger partial charge on any atom is -0.367 e. The lowest BCUT2D eigenvalue weighted by atomic mass is 9.95. The number of carbonyl (C=O) groups excluding carboxylic acids is 1. The average Bonchev–Trinajstić information content (AvgIpc) is 2.76. The molecule has 2 N–H and O–H groups in total. The van der Waals surface area contributed by atoms with Gasteiger partial charge in [-0.25, -0.2) is 9.97 Å². The van der Waals surface area contributed by atoms with Gasteiger partial charge in [-0.1, -0.05) is 49.1 Å². The Morgan fingerprint density at radius 1 is 0.931 bits per heavy atom. The van der Waals surface area contributed by atoms with Crippen LogP contribution in [0.5, 0.6) is 0 Å². The summed E-state index contributed by atoms with van der Waals surface area (Å²) in [5.41, 5.74) is 4.38. The molecule has 0 spiro atoms. The molecule has 5 heteroatoms. The third kappa shape index (κ3) is 4.99. The molecule has 1 aliphatic carbocycles. The van der Waals surface area contributed by atoms with Crippen LogP contribution in [0.25, 0.3) is 11.3 Å². The molecule has 4 rings (SSSR count). The number of hydrogen-bond acceptors (Lipinski definition) is 4. The summed E-state index contributed by atoms with van der Waals surface area (Å²) in [5, 5.41) is 6.46. The zero-order valence-electron chi connectivity index (χ0n) is 16.7. The maximum atomic E-state index is 12.5. The second-order valence-electron chi connectivity index (χ2n) is 7.67. The third-order valence-electron chi connectivity index (χ3n) is 5.38. The Kier molecular flexibility index (Phi) is 5.84. The molecule has 3 aromatic rings. The van der Waals surface area contributed by atoms with E-state index >= 15 is 0 Å². The summed E-state index contributed by atoms with van der Waals surface area (Å²) in [4.78, 5) is 21.2. The Hall–Kier alpha value is -3.21. The molecule has 1 aliphatic rings. The van der Waals surface area contributed by atoms with E-state index in [-0.39, 0.29) is 5.91 Å². The standard InChI is InChI=1S/C24H26N4O/c1-17-7-13-21(14-8-17)28-24(29)19-11-9-18(10-12-19)22-15-23(26-16-25-22)27-20-5-3-2-4-6-20/h7-16,20H,2-6H2,1H3,(H,28,29)(H,25,26,27). The molecule has 0 aliphatic heterocycles. The van der Waals surface area contributed by atoms with Gasteiger partial charge in [-0.2, -0.15) is 0 Å². The first-order chi connectivity index (χ1) is 14.2. The van der Waals surface area contributed by atoms with Crippen LogP contribution in [-0.2, 0) is 0 Å². The Balaban J connectivity index is 1.43. The van der Waals surface area contributed by atoms with E-state index in [2.05, 4.69) is 20.6 Å². The number of carbonyl (C=O) groups is 1. The molecule has 148 valence electrons. The number of aryl methyl sites for hydroxylation is 1. The Bertz CT molecular complexity index is 961. The van der Waals surface area contributed by atoms with Crippen molar-refractivity contribution in [2.75, 3.05) is 10.6 Å². The van der Waals surface area contributed by atoms with Gasteiger partial charge in [0, 0.05) is 28.9 Å². The lowest BCUT2D eigenvalue weighted by Crippen LogP contribution is -2.22. The van der Waals surface area contributed by atoms with Crippen LogP contribution in [0.15, 0.2) is 60.9 Å². The number of aromatic nitrogens is 2. The minimum absolute atomic E-state index is 0.122. The van der Waals surface area contributed by atoms with Crippen molar-refractivity contribution in [2.45, 2.75) is 45.1 Å². The van der Waals surface area contributed by atoms with Crippen LogP contribution in [0.4, 0.5) is 11.5 Å². The van der Waals surface area contributed by atoms with E-state index in [9.17, 15) is 4.79 Å². The summed E-state index contributed by atoms with van der Waals surface area (Å²) in [5.74, 6) is 0.742. The molecule has 29 heavy (non-hydrogen) atoms. The highest BCUT2D eigenvalue weighted by Crippen LogP contribution is 2.24. The van der Waals surface area contributed by atoms with Crippen molar-refractivity contribution >= 4 is 17.4 Å². The highest BCUT2D eigenvalue weighted by Gasteiger charge is 2.14. The second-order valence-corrected chi connectivity index (χ2v) is 7.67. The molecule has 2 aromatic carbocycles. The molecule has 0 atom stereocenters. The van der Waals surface area contributed by atoms with Crippen LogP contribution in [0.3, 0.4) is 0 Å². The van der Waals surface area contributed by atoms with Gasteiger partial charge in [-0.15, -0.1) is 0 Å².